The van der Waals surface area contributed by atoms with Crippen LogP contribution in [0.2, 0.25) is 0 Å². The summed E-state index contributed by atoms with van der Waals surface area (Å²) in [6.07, 6.45) is -7.86. The highest BCUT2D eigenvalue weighted by Gasteiger charge is 2.38. The number of carbonyl (C=O) groups excluding carboxylic acids is 2. The van der Waals surface area contributed by atoms with Gasteiger partial charge in [0.15, 0.2) is 0 Å². The molecule has 1 amide bonds. The van der Waals surface area contributed by atoms with Gasteiger partial charge in [-0.05, 0) is 54.9 Å². The molecule has 34 heavy (non-hydrogen) atoms. The summed E-state index contributed by atoms with van der Waals surface area (Å²) in [6, 6.07) is 5.48. The molecular formula is C23H18ClF6NO3. The fraction of sp³-hybridized carbons (Fsp3) is 0.304. The van der Waals surface area contributed by atoms with Crippen LogP contribution in [0.3, 0.4) is 0 Å². The summed E-state index contributed by atoms with van der Waals surface area (Å²) in [4.78, 5) is 25.5. The van der Waals surface area contributed by atoms with Crippen molar-refractivity contribution in [3.05, 3.63) is 65.0 Å². The SMILES string of the molecule is C[C@@H](F)COc1ccc(C(=O)N2CCC(F)/C(=C\C(=O)Cl)c3cc(F)ccc32)c(C(F)(F)F)c1. The number of rotatable bonds is 5. The van der Waals surface area contributed by atoms with Crippen molar-refractivity contribution in [2.45, 2.75) is 31.9 Å². The Kier molecular flexibility index (Phi) is 7.60. The van der Waals surface area contributed by atoms with Gasteiger partial charge in [-0.1, -0.05) is 0 Å². The Morgan fingerprint density at radius 1 is 1.24 bits per heavy atom. The van der Waals surface area contributed by atoms with E-state index in [4.69, 9.17) is 16.3 Å². The lowest BCUT2D eigenvalue weighted by Crippen LogP contribution is -2.33. The van der Waals surface area contributed by atoms with E-state index in [-0.39, 0.29) is 35.5 Å². The van der Waals surface area contributed by atoms with Crippen molar-refractivity contribution in [2.75, 3.05) is 18.1 Å². The monoisotopic (exact) mass is 505 g/mol. The van der Waals surface area contributed by atoms with E-state index in [1.54, 1.807) is 0 Å². The molecule has 182 valence electrons. The van der Waals surface area contributed by atoms with Gasteiger partial charge in [-0.2, -0.15) is 13.2 Å². The molecule has 0 aromatic heterocycles. The van der Waals surface area contributed by atoms with Crippen LogP contribution < -0.4 is 9.64 Å². The molecule has 0 spiro atoms. The number of ether oxygens (including phenoxy) is 1. The van der Waals surface area contributed by atoms with Crippen LogP contribution in [-0.2, 0) is 11.0 Å². The Labute approximate surface area is 195 Å². The third-order valence-corrected chi connectivity index (χ3v) is 5.13. The molecule has 0 fully saturated rings. The summed E-state index contributed by atoms with van der Waals surface area (Å²) in [5.41, 5.74) is -2.66. The number of allylic oxidation sites excluding steroid dienone is 2. The summed E-state index contributed by atoms with van der Waals surface area (Å²) >= 11 is 5.35. The highest BCUT2D eigenvalue weighted by atomic mass is 35.5. The lowest BCUT2D eigenvalue weighted by molar-refractivity contribution is -0.138. The van der Waals surface area contributed by atoms with E-state index in [0.717, 1.165) is 41.3 Å². The van der Waals surface area contributed by atoms with Crippen LogP contribution in [0, 0.1) is 5.82 Å². The number of alkyl halides is 5. The Bertz CT molecular complexity index is 1130. The van der Waals surface area contributed by atoms with Crippen molar-refractivity contribution in [1.82, 2.24) is 0 Å². The molecule has 0 saturated carbocycles. The van der Waals surface area contributed by atoms with Gasteiger partial charge in [0.1, 0.15) is 30.5 Å². The molecule has 2 aromatic rings. The lowest BCUT2D eigenvalue weighted by atomic mass is 9.98. The third kappa shape index (κ3) is 5.72. The maximum absolute atomic E-state index is 14.8. The first-order valence-corrected chi connectivity index (χ1v) is 10.4. The van der Waals surface area contributed by atoms with Gasteiger partial charge < -0.3 is 9.64 Å². The van der Waals surface area contributed by atoms with Crippen molar-refractivity contribution in [3.8, 4) is 5.75 Å². The van der Waals surface area contributed by atoms with E-state index in [9.17, 15) is 35.9 Å². The molecule has 2 atom stereocenters. The molecule has 0 bridgehead atoms. The van der Waals surface area contributed by atoms with Crippen LogP contribution in [0.25, 0.3) is 5.57 Å². The lowest BCUT2D eigenvalue weighted by Gasteiger charge is -2.25. The first kappa shape index (κ1) is 25.6. The topological polar surface area (TPSA) is 46.6 Å². The quantitative estimate of drug-likeness (QED) is 0.279. The van der Waals surface area contributed by atoms with Gasteiger partial charge in [0.2, 0.25) is 5.24 Å². The van der Waals surface area contributed by atoms with Crippen molar-refractivity contribution in [3.63, 3.8) is 0 Å². The van der Waals surface area contributed by atoms with Gasteiger partial charge in [-0.25, -0.2) is 13.2 Å². The van der Waals surface area contributed by atoms with E-state index in [1.807, 2.05) is 0 Å². The van der Waals surface area contributed by atoms with E-state index in [0.29, 0.717) is 6.07 Å². The summed E-state index contributed by atoms with van der Waals surface area (Å²) in [6.45, 7) is 0.324. The zero-order valence-corrected chi connectivity index (χ0v) is 18.4. The Morgan fingerprint density at radius 2 is 1.94 bits per heavy atom. The molecule has 2 aromatic carbocycles. The number of nitrogens with zero attached hydrogens (tertiary/aromatic N) is 1. The zero-order valence-electron chi connectivity index (χ0n) is 17.6. The van der Waals surface area contributed by atoms with Crippen LogP contribution >= 0.6 is 11.6 Å². The number of halogens is 7. The fourth-order valence-corrected chi connectivity index (χ4v) is 3.67. The highest BCUT2D eigenvalue weighted by Crippen LogP contribution is 2.39. The molecule has 0 saturated heterocycles. The average Bonchev–Trinajstić information content (AvgIpc) is 2.87. The van der Waals surface area contributed by atoms with Crippen LogP contribution in [0.5, 0.6) is 5.75 Å². The minimum absolute atomic E-state index is 0.0876. The molecule has 1 aliphatic rings. The normalized spacial score (nSPS) is 18.3. The minimum atomic E-state index is -4.97. The van der Waals surface area contributed by atoms with Gasteiger partial charge in [-0.15, -0.1) is 0 Å². The summed E-state index contributed by atoms with van der Waals surface area (Å²) in [7, 11) is 0. The molecule has 0 radical (unpaired) electrons. The van der Waals surface area contributed by atoms with E-state index in [2.05, 4.69) is 0 Å². The largest absolute Gasteiger partial charge is 0.491 e. The van der Waals surface area contributed by atoms with E-state index in [1.165, 1.54) is 6.92 Å². The zero-order chi connectivity index (χ0) is 25.2. The second-order valence-electron chi connectivity index (χ2n) is 7.58. The number of hydrogen-bond donors (Lipinski definition) is 0. The second kappa shape index (κ2) is 10.1. The predicted octanol–water partition coefficient (Wildman–Crippen LogP) is 6.12. The number of hydrogen-bond acceptors (Lipinski definition) is 3. The third-order valence-electron chi connectivity index (χ3n) is 5.02. The van der Waals surface area contributed by atoms with Crippen LogP contribution in [-0.4, -0.2) is 36.6 Å². The summed E-state index contributed by atoms with van der Waals surface area (Å²) in [5.74, 6) is -2.23. The Hall–Kier alpha value is -3.01. The average molecular weight is 506 g/mol. The highest BCUT2D eigenvalue weighted by molar-refractivity contribution is 6.67. The number of amides is 1. The molecule has 1 heterocycles. The fourth-order valence-electron chi connectivity index (χ4n) is 3.55. The maximum Gasteiger partial charge on any atom is 0.417 e. The minimum Gasteiger partial charge on any atom is -0.491 e. The molecular weight excluding hydrogens is 488 g/mol. The first-order chi connectivity index (χ1) is 15.9. The number of fused-ring (bicyclic) bond motifs is 1. The maximum atomic E-state index is 14.8. The van der Waals surface area contributed by atoms with Crippen molar-refractivity contribution in [2.24, 2.45) is 0 Å². The Balaban J connectivity index is 2.11. The van der Waals surface area contributed by atoms with Crippen molar-refractivity contribution in [1.29, 1.82) is 0 Å². The first-order valence-electron chi connectivity index (χ1n) is 10.0. The second-order valence-corrected chi connectivity index (χ2v) is 7.95. The molecule has 3 rings (SSSR count). The van der Waals surface area contributed by atoms with Gasteiger partial charge >= 0.3 is 6.18 Å². The van der Waals surface area contributed by atoms with Gasteiger partial charge in [0.25, 0.3) is 5.91 Å². The van der Waals surface area contributed by atoms with Gasteiger partial charge in [-0.3, -0.25) is 9.59 Å². The summed E-state index contributed by atoms with van der Waals surface area (Å²) in [5, 5.41) is -1.04. The molecule has 4 nitrogen and oxygen atoms in total. The number of carbonyl (C=O) groups is 2. The standard InChI is InChI=1S/C23H18ClF6NO3/c1-12(25)11-34-14-3-4-15(18(9-14)23(28,29)30)22(33)31-7-6-19(27)16(10-21(24)32)17-8-13(26)2-5-20(17)31/h2-5,8-10,12,19H,6-7,11H2,1H3/b16-10-/t12-,19?/m1/s1. The van der Waals surface area contributed by atoms with Crippen molar-refractivity contribution >= 4 is 34.0 Å². The molecule has 11 heteroatoms. The number of anilines is 1. The molecule has 1 unspecified atom stereocenters. The molecule has 1 aliphatic heterocycles. The van der Waals surface area contributed by atoms with E-state index >= 15 is 0 Å². The van der Waals surface area contributed by atoms with Gasteiger partial charge in [0, 0.05) is 30.2 Å². The molecule has 0 aliphatic carbocycles. The van der Waals surface area contributed by atoms with Crippen LogP contribution in [0.15, 0.2) is 42.5 Å². The van der Waals surface area contributed by atoms with Gasteiger partial charge in [0.05, 0.1) is 16.8 Å². The smallest absolute Gasteiger partial charge is 0.417 e. The summed E-state index contributed by atoms with van der Waals surface area (Å²) < 4.78 is 88.1. The van der Waals surface area contributed by atoms with Crippen molar-refractivity contribution < 1.29 is 40.7 Å². The van der Waals surface area contributed by atoms with E-state index < -0.39 is 53.2 Å². The van der Waals surface area contributed by atoms with Crippen LogP contribution in [0.1, 0.15) is 34.8 Å². The Morgan fingerprint density at radius 3 is 2.56 bits per heavy atom. The number of benzene rings is 2. The van der Waals surface area contributed by atoms with Crippen LogP contribution in [0.4, 0.5) is 32.0 Å². The predicted molar refractivity (Wildman–Crippen MR) is 114 cm³/mol. The molecule has 0 N–H and O–H groups in total.